The zero-order chi connectivity index (χ0) is 36.2. The fourth-order valence-corrected chi connectivity index (χ4v) is 7.97. The highest BCUT2D eigenvalue weighted by Gasteiger charge is 2.18. The molecular formula is C48H34N4O2. The summed E-state index contributed by atoms with van der Waals surface area (Å²) in [6.07, 6.45) is 0. The van der Waals surface area contributed by atoms with Gasteiger partial charge in [0.15, 0.2) is 0 Å². The molecule has 10 rings (SSSR count). The molecule has 258 valence electrons. The van der Waals surface area contributed by atoms with E-state index >= 15 is 0 Å². The number of nitrogens with zero attached hydrogens (tertiary/aromatic N) is 4. The molecule has 0 bridgehead atoms. The minimum absolute atomic E-state index is 0.107. The van der Waals surface area contributed by atoms with Crippen molar-refractivity contribution in [2.75, 3.05) is 7.11 Å². The molecule has 0 saturated heterocycles. The van der Waals surface area contributed by atoms with Crippen molar-refractivity contribution in [3.8, 4) is 51.0 Å². The Labute approximate surface area is 311 Å². The molecule has 54 heavy (non-hydrogen) atoms. The van der Waals surface area contributed by atoms with E-state index in [-0.39, 0.29) is 6.61 Å². The van der Waals surface area contributed by atoms with Gasteiger partial charge in [-0.1, -0.05) is 91.0 Å². The topological polar surface area (TPSA) is 65.1 Å². The van der Waals surface area contributed by atoms with Crippen molar-refractivity contribution in [1.29, 1.82) is 0 Å². The highest BCUT2D eigenvalue weighted by Crippen LogP contribution is 2.38. The highest BCUT2D eigenvalue weighted by molar-refractivity contribution is 6.10. The minimum atomic E-state index is -0.107. The van der Waals surface area contributed by atoms with Crippen LogP contribution in [0, 0.1) is 0 Å². The summed E-state index contributed by atoms with van der Waals surface area (Å²) in [6, 6.07) is 58.4. The first-order valence-corrected chi connectivity index (χ1v) is 18.0. The van der Waals surface area contributed by atoms with Gasteiger partial charge in [-0.05, 0) is 84.4 Å². The zero-order valence-electron chi connectivity index (χ0n) is 29.5. The van der Waals surface area contributed by atoms with Crippen LogP contribution in [0.15, 0.2) is 170 Å². The van der Waals surface area contributed by atoms with E-state index in [1.54, 1.807) is 7.11 Å². The first-order chi connectivity index (χ1) is 26.7. The second-order valence-corrected chi connectivity index (χ2v) is 13.4. The zero-order valence-corrected chi connectivity index (χ0v) is 29.5. The molecule has 0 aliphatic carbocycles. The number of aliphatic hydroxyl groups is 1. The molecular weight excluding hydrogens is 665 g/mol. The molecule has 0 aliphatic heterocycles. The van der Waals surface area contributed by atoms with E-state index in [1.165, 1.54) is 21.5 Å². The maximum absolute atomic E-state index is 10.5. The predicted molar refractivity (Wildman–Crippen MR) is 219 cm³/mol. The summed E-state index contributed by atoms with van der Waals surface area (Å²) in [7, 11) is 1.69. The number of hydrogen-bond donors (Lipinski definition) is 1. The summed E-state index contributed by atoms with van der Waals surface area (Å²) in [5.41, 5.74) is 12.1. The molecule has 0 radical (unpaired) electrons. The summed E-state index contributed by atoms with van der Waals surface area (Å²) < 4.78 is 10.5. The fraction of sp³-hybridized carbons (Fsp3) is 0.0417. The predicted octanol–water partition coefficient (Wildman–Crippen LogP) is 11.2. The van der Waals surface area contributed by atoms with Crippen LogP contribution in [0.4, 0.5) is 0 Å². The smallest absolute Gasteiger partial charge is 0.128 e. The third-order valence-corrected chi connectivity index (χ3v) is 10.4. The van der Waals surface area contributed by atoms with Gasteiger partial charge < -0.3 is 19.0 Å². The van der Waals surface area contributed by atoms with Gasteiger partial charge in [0, 0.05) is 44.0 Å². The van der Waals surface area contributed by atoms with Crippen LogP contribution in [-0.4, -0.2) is 31.3 Å². The Balaban J connectivity index is 1.07. The number of aromatic nitrogens is 4. The van der Waals surface area contributed by atoms with E-state index in [1.807, 2.05) is 48.5 Å². The number of pyridine rings is 2. The monoisotopic (exact) mass is 698 g/mol. The molecule has 0 aliphatic rings. The number of hydrogen-bond acceptors (Lipinski definition) is 4. The largest absolute Gasteiger partial charge is 0.496 e. The van der Waals surface area contributed by atoms with E-state index in [4.69, 9.17) is 14.7 Å². The Bertz CT molecular complexity index is 2730. The molecule has 0 fully saturated rings. The SMILES string of the molecule is COc1ccc(-n2c3ccccc3c3ccccc32)cc1-c1cccc(-c2cccc(-c3cc(-n4c5ccccc5c5ccccc54)ccc3CO)n2)n1. The van der Waals surface area contributed by atoms with Crippen LogP contribution in [0.3, 0.4) is 0 Å². The normalized spacial score (nSPS) is 11.6. The van der Waals surface area contributed by atoms with Gasteiger partial charge in [0.05, 0.1) is 58.6 Å². The number of methoxy groups -OCH3 is 1. The average Bonchev–Trinajstić information content (AvgIpc) is 3.76. The Morgan fingerprint density at radius 1 is 0.444 bits per heavy atom. The van der Waals surface area contributed by atoms with Crippen LogP contribution >= 0.6 is 0 Å². The molecule has 6 heteroatoms. The third-order valence-electron chi connectivity index (χ3n) is 10.4. The van der Waals surface area contributed by atoms with Crippen molar-refractivity contribution < 1.29 is 9.84 Å². The molecule has 0 spiro atoms. The van der Waals surface area contributed by atoms with Crippen LogP contribution in [0.5, 0.6) is 5.75 Å². The van der Waals surface area contributed by atoms with E-state index in [0.29, 0.717) is 0 Å². The number of fused-ring (bicyclic) bond motifs is 6. The van der Waals surface area contributed by atoms with Crippen LogP contribution in [-0.2, 0) is 6.61 Å². The molecule has 4 heterocycles. The van der Waals surface area contributed by atoms with Gasteiger partial charge in [0.2, 0.25) is 0 Å². The average molecular weight is 699 g/mol. The summed E-state index contributed by atoms with van der Waals surface area (Å²) in [5, 5.41) is 15.3. The lowest BCUT2D eigenvalue weighted by Gasteiger charge is -2.15. The Kier molecular flexibility index (Phi) is 7.56. The van der Waals surface area contributed by atoms with Gasteiger partial charge in [0.1, 0.15) is 5.75 Å². The first kappa shape index (κ1) is 31.7. The molecule has 0 saturated carbocycles. The van der Waals surface area contributed by atoms with Gasteiger partial charge in [-0.3, -0.25) is 0 Å². The Hall–Kier alpha value is -7.02. The van der Waals surface area contributed by atoms with Crippen molar-refractivity contribution in [1.82, 2.24) is 19.1 Å². The highest BCUT2D eigenvalue weighted by atomic mass is 16.5. The molecule has 6 nitrogen and oxygen atoms in total. The van der Waals surface area contributed by atoms with Crippen molar-refractivity contribution in [3.63, 3.8) is 0 Å². The summed E-state index contributed by atoms with van der Waals surface area (Å²) in [6.45, 7) is -0.107. The lowest BCUT2D eigenvalue weighted by molar-refractivity contribution is 0.282. The van der Waals surface area contributed by atoms with Gasteiger partial charge in [0.25, 0.3) is 0 Å². The van der Waals surface area contributed by atoms with Crippen molar-refractivity contribution in [2.24, 2.45) is 0 Å². The Morgan fingerprint density at radius 3 is 1.31 bits per heavy atom. The maximum Gasteiger partial charge on any atom is 0.128 e. The minimum Gasteiger partial charge on any atom is -0.496 e. The second kappa shape index (κ2) is 12.9. The molecule has 1 N–H and O–H groups in total. The summed E-state index contributed by atoms with van der Waals surface area (Å²) in [4.78, 5) is 10.3. The third kappa shape index (κ3) is 5.07. The van der Waals surface area contributed by atoms with Crippen molar-refractivity contribution >= 4 is 43.6 Å². The number of benzene rings is 6. The molecule has 0 unspecified atom stereocenters. The quantitative estimate of drug-likeness (QED) is 0.180. The number of ether oxygens (including phenoxy) is 1. The molecule has 4 aromatic heterocycles. The van der Waals surface area contributed by atoms with Crippen LogP contribution in [0.25, 0.3) is 88.9 Å². The van der Waals surface area contributed by atoms with E-state index < -0.39 is 0 Å². The molecule has 6 aromatic carbocycles. The van der Waals surface area contributed by atoms with Crippen LogP contribution in [0.2, 0.25) is 0 Å². The molecule has 0 amide bonds. The van der Waals surface area contributed by atoms with Crippen molar-refractivity contribution in [3.05, 3.63) is 175 Å². The summed E-state index contributed by atoms with van der Waals surface area (Å²) >= 11 is 0. The second-order valence-electron chi connectivity index (χ2n) is 13.4. The van der Waals surface area contributed by atoms with Crippen LogP contribution in [0.1, 0.15) is 5.56 Å². The lowest BCUT2D eigenvalue weighted by Crippen LogP contribution is -1.99. The number of rotatable bonds is 7. The molecule has 0 atom stereocenters. The van der Waals surface area contributed by atoms with E-state index in [0.717, 1.165) is 78.7 Å². The fourth-order valence-electron chi connectivity index (χ4n) is 7.97. The van der Waals surface area contributed by atoms with Crippen LogP contribution < -0.4 is 4.74 Å². The van der Waals surface area contributed by atoms with Gasteiger partial charge >= 0.3 is 0 Å². The van der Waals surface area contributed by atoms with Gasteiger partial charge in [-0.25, -0.2) is 9.97 Å². The number of aliphatic hydroxyl groups excluding tert-OH is 1. The van der Waals surface area contributed by atoms with Gasteiger partial charge in [-0.2, -0.15) is 0 Å². The van der Waals surface area contributed by atoms with Gasteiger partial charge in [-0.15, -0.1) is 0 Å². The van der Waals surface area contributed by atoms with E-state index in [9.17, 15) is 5.11 Å². The molecule has 10 aromatic rings. The standard InChI is InChI=1S/C48H34N4O2/c1-54-48-27-26-33(52-46-22-8-4-14-36(46)37-15-5-9-23-47(37)52)29-39(48)41-17-11-19-43(50-41)42-18-10-16-40(49-42)38-28-32(25-24-31(38)30-53)51-44-20-6-2-12-34(44)35-13-3-7-21-45(35)51/h2-29,53H,30H2,1H3. The lowest BCUT2D eigenvalue weighted by atomic mass is 10.0. The first-order valence-electron chi connectivity index (χ1n) is 18.0. The number of para-hydroxylation sites is 4. The Morgan fingerprint density at radius 2 is 0.852 bits per heavy atom. The van der Waals surface area contributed by atoms with E-state index in [2.05, 4.69) is 130 Å². The maximum atomic E-state index is 10.5. The van der Waals surface area contributed by atoms with Crippen molar-refractivity contribution in [2.45, 2.75) is 6.61 Å². The summed E-state index contributed by atoms with van der Waals surface area (Å²) in [5.74, 6) is 0.736.